The Balaban J connectivity index is 1.65. The largest absolute Gasteiger partial charge is 0.363 e. The maximum Gasteiger partial charge on any atom is 0.149 e. The lowest BCUT2D eigenvalue weighted by molar-refractivity contribution is 0.584. The van der Waals surface area contributed by atoms with E-state index in [2.05, 4.69) is 30.5 Å². The maximum atomic E-state index is 4.63. The van der Waals surface area contributed by atoms with Crippen molar-refractivity contribution in [2.45, 2.75) is 13.5 Å². The average molecular weight is 284 g/mol. The molecule has 0 amide bonds. The summed E-state index contributed by atoms with van der Waals surface area (Å²) in [6.07, 6.45) is 3.57. The summed E-state index contributed by atoms with van der Waals surface area (Å²) in [5.41, 5.74) is 2.03. The molecule has 0 unspecified atom stereocenters. The number of rotatable bonds is 4. The van der Waals surface area contributed by atoms with Crippen LogP contribution in [0.1, 0.15) is 11.4 Å². The normalized spacial score (nSPS) is 15.0. The molecule has 1 fully saturated rings. The maximum absolute atomic E-state index is 4.63. The molecule has 3 heterocycles. The molecular weight excluding hydrogens is 264 g/mol. The lowest BCUT2D eigenvalue weighted by Crippen LogP contribution is -2.44. The third-order valence-corrected chi connectivity index (χ3v) is 3.46. The monoisotopic (exact) mass is 284 g/mol. The highest BCUT2D eigenvalue weighted by Crippen LogP contribution is 2.13. The topological polar surface area (TPSA) is 66.0 Å². The first-order valence-electron chi connectivity index (χ1n) is 7.25. The first-order valence-corrected chi connectivity index (χ1v) is 7.25. The van der Waals surface area contributed by atoms with Gasteiger partial charge in [-0.15, -0.1) is 0 Å². The van der Waals surface area contributed by atoms with Crippen molar-refractivity contribution in [3.63, 3.8) is 0 Å². The van der Waals surface area contributed by atoms with E-state index in [0.29, 0.717) is 6.54 Å². The second kappa shape index (κ2) is 6.49. The predicted octanol–water partition coefficient (Wildman–Crippen LogP) is 1.20. The summed E-state index contributed by atoms with van der Waals surface area (Å²) >= 11 is 0. The van der Waals surface area contributed by atoms with E-state index in [-0.39, 0.29) is 0 Å². The van der Waals surface area contributed by atoms with E-state index in [1.54, 1.807) is 6.20 Å². The van der Waals surface area contributed by atoms with Crippen LogP contribution in [0.3, 0.4) is 0 Å². The van der Waals surface area contributed by atoms with Gasteiger partial charge in [-0.1, -0.05) is 6.07 Å². The van der Waals surface area contributed by atoms with Crippen molar-refractivity contribution in [3.8, 4) is 0 Å². The molecule has 0 saturated carbocycles. The fourth-order valence-corrected chi connectivity index (χ4v) is 2.37. The number of aromatic nitrogens is 3. The number of hydrogen-bond acceptors (Lipinski definition) is 6. The molecule has 2 aromatic rings. The molecule has 0 aliphatic carbocycles. The molecular formula is C15H20N6. The van der Waals surface area contributed by atoms with Gasteiger partial charge in [0.05, 0.1) is 24.6 Å². The molecule has 0 bridgehead atoms. The van der Waals surface area contributed by atoms with Gasteiger partial charge in [-0.2, -0.15) is 0 Å². The van der Waals surface area contributed by atoms with Crippen LogP contribution in [-0.2, 0) is 6.54 Å². The molecule has 1 aliphatic rings. The van der Waals surface area contributed by atoms with Gasteiger partial charge in [0, 0.05) is 31.9 Å². The van der Waals surface area contributed by atoms with Crippen LogP contribution in [0.2, 0.25) is 0 Å². The van der Waals surface area contributed by atoms with Crippen molar-refractivity contribution >= 4 is 11.6 Å². The molecule has 0 radical (unpaired) electrons. The molecule has 1 aliphatic heterocycles. The Labute approximate surface area is 124 Å². The zero-order chi connectivity index (χ0) is 14.5. The highest BCUT2D eigenvalue weighted by Gasteiger charge is 2.12. The van der Waals surface area contributed by atoms with Crippen molar-refractivity contribution in [3.05, 3.63) is 42.0 Å². The number of hydrogen-bond donors (Lipinski definition) is 2. The van der Waals surface area contributed by atoms with Crippen LogP contribution in [-0.4, -0.2) is 41.1 Å². The molecule has 21 heavy (non-hydrogen) atoms. The molecule has 0 spiro atoms. The summed E-state index contributed by atoms with van der Waals surface area (Å²) in [7, 11) is 0. The number of nitrogens with zero attached hydrogens (tertiary/aromatic N) is 4. The summed E-state index contributed by atoms with van der Waals surface area (Å²) in [4.78, 5) is 15.6. The highest BCUT2D eigenvalue weighted by molar-refractivity contribution is 5.44. The number of anilines is 2. The average Bonchev–Trinajstić information content (AvgIpc) is 2.54. The van der Waals surface area contributed by atoms with Crippen LogP contribution in [0, 0.1) is 6.92 Å². The quantitative estimate of drug-likeness (QED) is 0.879. The molecule has 2 N–H and O–H groups in total. The summed E-state index contributed by atoms with van der Waals surface area (Å²) in [6, 6.07) is 6.02. The van der Waals surface area contributed by atoms with Gasteiger partial charge in [0.1, 0.15) is 11.6 Å². The summed E-state index contributed by atoms with van der Waals surface area (Å²) < 4.78 is 0. The third kappa shape index (κ3) is 3.66. The molecule has 1 saturated heterocycles. The van der Waals surface area contributed by atoms with Gasteiger partial charge < -0.3 is 15.5 Å². The van der Waals surface area contributed by atoms with Gasteiger partial charge in [0.15, 0.2) is 0 Å². The SMILES string of the molecule is Cc1cccc(CNc2cncc(N3CCNCC3)n2)n1. The lowest BCUT2D eigenvalue weighted by Gasteiger charge is -2.28. The van der Waals surface area contributed by atoms with Gasteiger partial charge in [-0.25, -0.2) is 4.98 Å². The minimum absolute atomic E-state index is 0.654. The van der Waals surface area contributed by atoms with Crippen molar-refractivity contribution in [2.75, 3.05) is 36.4 Å². The molecule has 6 nitrogen and oxygen atoms in total. The molecule has 0 aromatic carbocycles. The number of pyridine rings is 1. The van der Waals surface area contributed by atoms with Crippen molar-refractivity contribution in [1.29, 1.82) is 0 Å². The molecule has 110 valence electrons. The Hall–Kier alpha value is -2.21. The lowest BCUT2D eigenvalue weighted by atomic mass is 10.3. The van der Waals surface area contributed by atoms with E-state index in [9.17, 15) is 0 Å². The second-order valence-corrected chi connectivity index (χ2v) is 5.12. The van der Waals surface area contributed by atoms with E-state index in [4.69, 9.17) is 0 Å². The fourth-order valence-electron chi connectivity index (χ4n) is 2.37. The summed E-state index contributed by atoms with van der Waals surface area (Å²) in [6.45, 7) is 6.57. The van der Waals surface area contributed by atoms with Gasteiger partial charge in [-0.3, -0.25) is 9.97 Å². The minimum Gasteiger partial charge on any atom is -0.363 e. The number of nitrogens with one attached hydrogen (secondary N) is 2. The Morgan fingerprint density at radius 1 is 1.19 bits per heavy atom. The van der Waals surface area contributed by atoms with Crippen LogP contribution in [0.4, 0.5) is 11.6 Å². The Bertz CT molecular complexity index is 594. The number of aryl methyl sites for hydroxylation is 1. The van der Waals surface area contributed by atoms with Gasteiger partial charge in [0.25, 0.3) is 0 Å². The standard InChI is InChI=1S/C15H20N6/c1-12-3-2-4-13(19-12)9-18-14-10-17-11-15(20-14)21-7-5-16-6-8-21/h2-4,10-11,16H,5-9H2,1H3,(H,18,20). The fraction of sp³-hybridized carbons (Fsp3) is 0.400. The van der Waals surface area contributed by atoms with E-state index < -0.39 is 0 Å². The summed E-state index contributed by atoms with van der Waals surface area (Å²) in [5.74, 6) is 1.72. The van der Waals surface area contributed by atoms with E-state index in [1.807, 2.05) is 31.3 Å². The predicted molar refractivity (Wildman–Crippen MR) is 83.4 cm³/mol. The van der Waals surface area contributed by atoms with Gasteiger partial charge in [-0.05, 0) is 19.1 Å². The smallest absolute Gasteiger partial charge is 0.149 e. The highest BCUT2D eigenvalue weighted by atomic mass is 15.2. The van der Waals surface area contributed by atoms with Crippen LogP contribution < -0.4 is 15.5 Å². The molecule has 3 rings (SSSR count). The molecule has 2 aromatic heterocycles. The Kier molecular flexibility index (Phi) is 4.25. The van der Waals surface area contributed by atoms with Crippen LogP contribution in [0.5, 0.6) is 0 Å². The van der Waals surface area contributed by atoms with Gasteiger partial charge in [0.2, 0.25) is 0 Å². The van der Waals surface area contributed by atoms with Crippen LogP contribution in [0.15, 0.2) is 30.6 Å². The zero-order valence-corrected chi connectivity index (χ0v) is 12.2. The summed E-state index contributed by atoms with van der Waals surface area (Å²) in [5, 5.41) is 6.63. The van der Waals surface area contributed by atoms with Crippen LogP contribution in [0.25, 0.3) is 0 Å². The van der Waals surface area contributed by atoms with Gasteiger partial charge >= 0.3 is 0 Å². The van der Waals surface area contributed by atoms with E-state index >= 15 is 0 Å². The van der Waals surface area contributed by atoms with Crippen molar-refractivity contribution < 1.29 is 0 Å². The second-order valence-electron chi connectivity index (χ2n) is 5.12. The van der Waals surface area contributed by atoms with Crippen molar-refractivity contribution in [2.24, 2.45) is 0 Å². The first kappa shape index (κ1) is 13.8. The van der Waals surface area contributed by atoms with Crippen molar-refractivity contribution in [1.82, 2.24) is 20.3 Å². The van der Waals surface area contributed by atoms with E-state index in [0.717, 1.165) is 49.2 Å². The number of piperazine rings is 1. The Morgan fingerprint density at radius 2 is 2.05 bits per heavy atom. The van der Waals surface area contributed by atoms with Crippen LogP contribution >= 0.6 is 0 Å². The third-order valence-electron chi connectivity index (χ3n) is 3.46. The zero-order valence-electron chi connectivity index (χ0n) is 12.2. The minimum atomic E-state index is 0.654. The molecule has 0 atom stereocenters. The van der Waals surface area contributed by atoms with E-state index in [1.165, 1.54) is 0 Å². The molecule has 6 heteroatoms. The Morgan fingerprint density at radius 3 is 2.86 bits per heavy atom. The first-order chi connectivity index (χ1) is 10.3.